The van der Waals surface area contributed by atoms with Gasteiger partial charge in [-0.1, -0.05) is 12.2 Å². The number of rotatable bonds is 4. The quantitative estimate of drug-likeness (QED) is 0.765. The predicted molar refractivity (Wildman–Crippen MR) is 71.4 cm³/mol. The van der Waals surface area contributed by atoms with Crippen molar-refractivity contribution in [1.29, 1.82) is 0 Å². The van der Waals surface area contributed by atoms with Crippen LogP contribution in [0.4, 0.5) is 0 Å². The molecule has 1 saturated heterocycles. The van der Waals surface area contributed by atoms with E-state index >= 15 is 0 Å². The maximum absolute atomic E-state index is 5.86. The second kappa shape index (κ2) is 4.60. The van der Waals surface area contributed by atoms with E-state index in [2.05, 4.69) is 11.2 Å². The number of nitrogens with zero attached hydrogens (tertiary/aromatic N) is 1. The summed E-state index contributed by atoms with van der Waals surface area (Å²) in [6, 6.07) is 0. The lowest BCUT2D eigenvalue weighted by Gasteiger charge is -2.40. The molecule has 86 valence electrons. The van der Waals surface area contributed by atoms with Gasteiger partial charge in [0, 0.05) is 6.54 Å². The van der Waals surface area contributed by atoms with E-state index in [1.807, 2.05) is 11.8 Å². The Kier molecular flexibility index (Phi) is 3.58. The van der Waals surface area contributed by atoms with Crippen molar-refractivity contribution in [2.45, 2.75) is 30.4 Å². The second-order valence-corrected chi connectivity index (χ2v) is 6.44. The Morgan fingerprint density at radius 3 is 2.47 bits per heavy atom. The van der Waals surface area contributed by atoms with Gasteiger partial charge >= 0.3 is 0 Å². The molecule has 0 aromatic rings. The molecule has 1 aliphatic carbocycles. The van der Waals surface area contributed by atoms with Gasteiger partial charge in [0.05, 0.1) is 9.74 Å². The van der Waals surface area contributed by atoms with Crippen molar-refractivity contribution in [2.75, 3.05) is 25.9 Å². The number of hydrogen-bond donors (Lipinski definition) is 1. The monoisotopic (exact) mass is 244 g/mol. The number of nitrogens with two attached hydrogens (primary N) is 1. The van der Waals surface area contributed by atoms with Gasteiger partial charge in [0.25, 0.3) is 0 Å². The fourth-order valence-corrected chi connectivity index (χ4v) is 3.56. The van der Waals surface area contributed by atoms with Gasteiger partial charge in [-0.3, -0.25) is 0 Å². The first kappa shape index (κ1) is 11.7. The topological polar surface area (TPSA) is 29.3 Å². The molecule has 1 saturated carbocycles. The normalized spacial score (nSPS) is 26.5. The Bertz CT molecular complexity index is 243. The van der Waals surface area contributed by atoms with Gasteiger partial charge in [-0.2, -0.15) is 11.8 Å². The molecular weight excluding hydrogens is 224 g/mol. The molecule has 0 unspecified atom stereocenters. The van der Waals surface area contributed by atoms with Crippen LogP contribution in [0.2, 0.25) is 0 Å². The third-order valence-electron chi connectivity index (χ3n) is 3.72. The maximum atomic E-state index is 5.86. The van der Waals surface area contributed by atoms with Crippen LogP contribution >= 0.6 is 24.0 Å². The first-order valence-corrected chi connectivity index (χ1v) is 7.37. The van der Waals surface area contributed by atoms with Crippen LogP contribution in [0.1, 0.15) is 25.7 Å². The zero-order valence-electron chi connectivity index (χ0n) is 9.37. The third-order valence-corrected chi connectivity index (χ3v) is 5.65. The molecule has 2 rings (SSSR count). The van der Waals surface area contributed by atoms with Crippen LogP contribution in [0.5, 0.6) is 0 Å². The molecule has 2 N–H and O–H groups in total. The summed E-state index contributed by atoms with van der Waals surface area (Å²) < 4.78 is 0.0926. The SMILES string of the molecule is CSC1(C(N)=S)CCN(CC2CC2)CC1. The van der Waals surface area contributed by atoms with E-state index < -0.39 is 0 Å². The van der Waals surface area contributed by atoms with Gasteiger partial charge in [-0.05, 0) is 50.9 Å². The Hall–Kier alpha value is 0.200. The molecule has 0 aromatic carbocycles. The minimum absolute atomic E-state index is 0.0926. The zero-order valence-corrected chi connectivity index (χ0v) is 11.0. The summed E-state index contributed by atoms with van der Waals surface area (Å²) in [5.74, 6) is 0.997. The molecule has 2 fully saturated rings. The van der Waals surface area contributed by atoms with E-state index in [1.54, 1.807) is 0 Å². The summed E-state index contributed by atoms with van der Waals surface area (Å²) in [6.07, 6.45) is 7.29. The smallest absolute Gasteiger partial charge is 0.0891 e. The molecule has 0 radical (unpaired) electrons. The van der Waals surface area contributed by atoms with Gasteiger partial charge in [-0.15, -0.1) is 0 Å². The lowest BCUT2D eigenvalue weighted by molar-refractivity contribution is 0.212. The molecule has 0 spiro atoms. The molecule has 0 aromatic heterocycles. The first-order valence-electron chi connectivity index (χ1n) is 5.74. The minimum atomic E-state index is 0.0926. The highest BCUT2D eigenvalue weighted by molar-refractivity contribution is 8.01. The van der Waals surface area contributed by atoms with E-state index in [0.717, 1.165) is 18.8 Å². The number of thiocarbonyl (C=S) groups is 1. The van der Waals surface area contributed by atoms with Crippen molar-refractivity contribution in [1.82, 2.24) is 4.90 Å². The first-order chi connectivity index (χ1) is 7.16. The van der Waals surface area contributed by atoms with Gasteiger partial charge in [-0.25, -0.2) is 0 Å². The Morgan fingerprint density at radius 1 is 1.47 bits per heavy atom. The Morgan fingerprint density at radius 2 is 2.07 bits per heavy atom. The van der Waals surface area contributed by atoms with Crippen molar-refractivity contribution in [3.8, 4) is 0 Å². The molecule has 4 heteroatoms. The zero-order chi connectivity index (χ0) is 10.9. The van der Waals surface area contributed by atoms with E-state index in [-0.39, 0.29) is 4.75 Å². The highest BCUT2D eigenvalue weighted by Crippen LogP contribution is 2.37. The van der Waals surface area contributed by atoms with E-state index in [0.29, 0.717) is 4.99 Å². The average Bonchev–Trinajstić information content (AvgIpc) is 3.03. The lowest BCUT2D eigenvalue weighted by Crippen LogP contribution is -2.49. The molecule has 2 aliphatic rings. The van der Waals surface area contributed by atoms with Crippen molar-refractivity contribution in [3.63, 3.8) is 0 Å². The summed E-state index contributed by atoms with van der Waals surface area (Å²) in [6.45, 7) is 3.66. The van der Waals surface area contributed by atoms with Crippen molar-refractivity contribution in [2.24, 2.45) is 11.7 Å². The van der Waals surface area contributed by atoms with E-state index in [9.17, 15) is 0 Å². The number of likely N-dealkylation sites (tertiary alicyclic amines) is 1. The van der Waals surface area contributed by atoms with Crippen LogP contribution < -0.4 is 5.73 Å². The average molecular weight is 244 g/mol. The van der Waals surface area contributed by atoms with Crippen LogP contribution in [-0.4, -0.2) is 40.5 Å². The Balaban J connectivity index is 1.85. The highest BCUT2D eigenvalue weighted by atomic mass is 32.2. The van der Waals surface area contributed by atoms with E-state index in [4.69, 9.17) is 18.0 Å². The third kappa shape index (κ3) is 2.66. The lowest BCUT2D eigenvalue weighted by atomic mass is 9.95. The van der Waals surface area contributed by atoms with Crippen molar-refractivity contribution >= 4 is 29.0 Å². The van der Waals surface area contributed by atoms with Crippen molar-refractivity contribution in [3.05, 3.63) is 0 Å². The molecule has 1 aliphatic heterocycles. The molecule has 0 amide bonds. The van der Waals surface area contributed by atoms with Crippen LogP contribution in [0.3, 0.4) is 0 Å². The second-order valence-electron chi connectivity index (χ2n) is 4.81. The summed E-state index contributed by atoms with van der Waals surface area (Å²) in [7, 11) is 0. The molecule has 2 nitrogen and oxygen atoms in total. The van der Waals surface area contributed by atoms with Crippen molar-refractivity contribution < 1.29 is 0 Å². The predicted octanol–water partition coefficient (Wildman–Crippen LogP) is 1.88. The maximum Gasteiger partial charge on any atom is 0.0891 e. The number of piperidine rings is 1. The van der Waals surface area contributed by atoms with Gasteiger partial charge in [0.1, 0.15) is 0 Å². The number of hydrogen-bond acceptors (Lipinski definition) is 3. The molecule has 0 atom stereocenters. The van der Waals surface area contributed by atoms with Crippen LogP contribution in [0.25, 0.3) is 0 Å². The largest absolute Gasteiger partial charge is 0.392 e. The van der Waals surface area contributed by atoms with Gasteiger partial charge in [0.2, 0.25) is 0 Å². The van der Waals surface area contributed by atoms with Gasteiger partial charge in [0.15, 0.2) is 0 Å². The fourth-order valence-electron chi connectivity index (χ4n) is 2.31. The summed E-state index contributed by atoms with van der Waals surface area (Å²) in [5, 5.41) is 0. The summed E-state index contributed by atoms with van der Waals surface area (Å²) >= 11 is 7.05. The molecule has 0 bridgehead atoms. The minimum Gasteiger partial charge on any atom is -0.392 e. The molecule has 1 heterocycles. The molecular formula is C11H20N2S2. The van der Waals surface area contributed by atoms with E-state index in [1.165, 1.54) is 32.5 Å². The summed E-state index contributed by atoms with van der Waals surface area (Å²) in [4.78, 5) is 3.30. The van der Waals surface area contributed by atoms with Crippen LogP contribution in [-0.2, 0) is 0 Å². The Labute approximate surface area is 102 Å². The summed E-state index contributed by atoms with van der Waals surface area (Å²) in [5.41, 5.74) is 5.86. The standard InChI is InChI=1S/C11H20N2S2/c1-15-11(10(12)14)4-6-13(7-5-11)8-9-2-3-9/h9H,2-8H2,1H3,(H2,12,14). The van der Waals surface area contributed by atoms with Crippen LogP contribution in [0.15, 0.2) is 0 Å². The number of thioether (sulfide) groups is 1. The highest BCUT2D eigenvalue weighted by Gasteiger charge is 2.37. The van der Waals surface area contributed by atoms with Crippen LogP contribution in [0, 0.1) is 5.92 Å². The molecule has 15 heavy (non-hydrogen) atoms. The fraction of sp³-hybridized carbons (Fsp3) is 0.909. The van der Waals surface area contributed by atoms with Gasteiger partial charge < -0.3 is 10.6 Å².